The van der Waals surface area contributed by atoms with Crippen LogP contribution in [0.1, 0.15) is 0 Å². The lowest BCUT2D eigenvalue weighted by Gasteiger charge is -2.19. The summed E-state index contributed by atoms with van der Waals surface area (Å²) in [6.07, 6.45) is 0. The van der Waals surface area contributed by atoms with Gasteiger partial charge in [-0.1, -0.05) is 0 Å². The number of nitrogens with two attached hydrogens (primary N) is 1. The Balaban J connectivity index is 3.11. The molecule has 0 aromatic heterocycles. The third kappa shape index (κ3) is 3.11. The van der Waals surface area contributed by atoms with E-state index in [2.05, 4.69) is 4.72 Å². The van der Waals surface area contributed by atoms with Crippen LogP contribution in [0.25, 0.3) is 0 Å². The van der Waals surface area contributed by atoms with Crippen LogP contribution in [0.3, 0.4) is 0 Å². The van der Waals surface area contributed by atoms with E-state index in [1.807, 2.05) is 0 Å². The van der Waals surface area contributed by atoms with Gasteiger partial charge >= 0.3 is 5.97 Å². The summed E-state index contributed by atoms with van der Waals surface area (Å²) in [6.45, 7) is -0.220. The summed E-state index contributed by atoms with van der Waals surface area (Å²) in [6, 6.07) is 4.14. The Morgan fingerprint density at radius 3 is 2.56 bits per heavy atom. The summed E-state index contributed by atoms with van der Waals surface area (Å²) in [7, 11) is -0.688. The maximum Gasteiger partial charge on any atom is 0.323 e. The Labute approximate surface area is 105 Å². The molecule has 1 aromatic rings. The maximum atomic E-state index is 11.5. The van der Waals surface area contributed by atoms with Crippen LogP contribution in [0.4, 0.5) is 11.4 Å². The van der Waals surface area contributed by atoms with Crippen molar-refractivity contribution < 1.29 is 18.3 Å². The number of carbonyl (C=O) groups is 1. The lowest BCUT2D eigenvalue weighted by Crippen LogP contribution is -2.26. The molecule has 0 atom stereocenters. The van der Waals surface area contributed by atoms with Gasteiger partial charge in [0.2, 0.25) is 10.0 Å². The molecule has 0 bridgehead atoms. The Morgan fingerprint density at radius 1 is 1.50 bits per heavy atom. The summed E-state index contributed by atoms with van der Waals surface area (Å²) < 4.78 is 25.3. The number of nitrogens with one attached hydrogen (secondary N) is 1. The average Bonchev–Trinajstić information content (AvgIpc) is 2.27. The molecule has 8 heteroatoms. The van der Waals surface area contributed by atoms with Crippen molar-refractivity contribution in [2.24, 2.45) is 0 Å². The minimum Gasteiger partial charge on any atom is -0.480 e. The van der Waals surface area contributed by atoms with Crippen molar-refractivity contribution in [3.05, 3.63) is 18.2 Å². The normalized spacial score (nSPS) is 11.2. The van der Waals surface area contributed by atoms with Gasteiger partial charge in [-0.25, -0.2) is 13.1 Å². The fourth-order valence-electron chi connectivity index (χ4n) is 1.45. The predicted molar refractivity (Wildman–Crippen MR) is 68.0 cm³/mol. The molecule has 0 saturated heterocycles. The van der Waals surface area contributed by atoms with E-state index in [9.17, 15) is 13.2 Å². The molecule has 1 rings (SSSR count). The summed E-state index contributed by atoms with van der Waals surface area (Å²) in [5.41, 5.74) is 6.39. The highest BCUT2D eigenvalue weighted by Crippen LogP contribution is 2.25. The van der Waals surface area contributed by atoms with Crippen LogP contribution >= 0.6 is 0 Å². The summed E-state index contributed by atoms with van der Waals surface area (Å²) >= 11 is 0. The Kier molecular flexibility index (Phi) is 4.15. The first-order chi connectivity index (χ1) is 8.27. The van der Waals surface area contributed by atoms with E-state index < -0.39 is 16.0 Å². The van der Waals surface area contributed by atoms with Gasteiger partial charge in [0.25, 0.3) is 0 Å². The van der Waals surface area contributed by atoms with Crippen molar-refractivity contribution >= 4 is 27.4 Å². The number of carboxylic acids is 1. The van der Waals surface area contributed by atoms with Crippen LogP contribution in [0.15, 0.2) is 23.1 Å². The molecule has 0 aliphatic rings. The Morgan fingerprint density at radius 2 is 2.11 bits per heavy atom. The number of benzene rings is 1. The van der Waals surface area contributed by atoms with Crippen LogP contribution in [0, 0.1) is 0 Å². The highest BCUT2D eigenvalue weighted by atomic mass is 32.2. The molecule has 0 aliphatic carbocycles. The van der Waals surface area contributed by atoms with E-state index in [1.54, 1.807) is 7.05 Å². The number of rotatable bonds is 5. The highest BCUT2D eigenvalue weighted by molar-refractivity contribution is 7.89. The molecular weight excluding hydrogens is 258 g/mol. The van der Waals surface area contributed by atoms with E-state index in [-0.39, 0.29) is 17.1 Å². The molecule has 0 aliphatic heterocycles. The van der Waals surface area contributed by atoms with E-state index in [1.165, 1.54) is 30.1 Å². The summed E-state index contributed by atoms with van der Waals surface area (Å²) in [5, 5.41) is 8.67. The Bertz CT molecular complexity index is 556. The second-order valence-corrected chi connectivity index (χ2v) is 5.56. The quantitative estimate of drug-likeness (QED) is 0.635. The zero-order chi connectivity index (χ0) is 13.9. The molecule has 7 nitrogen and oxygen atoms in total. The van der Waals surface area contributed by atoms with Gasteiger partial charge in [-0.15, -0.1) is 0 Å². The number of hydrogen-bond acceptors (Lipinski definition) is 5. The fraction of sp³-hybridized carbons (Fsp3) is 0.300. The van der Waals surface area contributed by atoms with Gasteiger partial charge in [0.05, 0.1) is 16.3 Å². The van der Waals surface area contributed by atoms with Crippen LogP contribution in [0.5, 0.6) is 0 Å². The van der Waals surface area contributed by atoms with Crippen molar-refractivity contribution in [2.75, 3.05) is 31.3 Å². The van der Waals surface area contributed by atoms with E-state index in [0.29, 0.717) is 5.69 Å². The van der Waals surface area contributed by atoms with E-state index >= 15 is 0 Å². The van der Waals surface area contributed by atoms with Gasteiger partial charge in [-0.05, 0) is 25.2 Å². The molecule has 0 unspecified atom stereocenters. The number of anilines is 2. The van der Waals surface area contributed by atoms with Crippen LogP contribution in [-0.4, -0.2) is 40.1 Å². The molecule has 0 fully saturated rings. The Hall–Kier alpha value is -1.80. The van der Waals surface area contributed by atoms with Crippen molar-refractivity contribution in [1.29, 1.82) is 0 Å². The van der Waals surface area contributed by atoms with E-state index in [4.69, 9.17) is 10.8 Å². The SMILES string of the molecule is CNS(=O)(=O)c1ccc(N(C)CC(=O)O)c(N)c1. The monoisotopic (exact) mass is 273 g/mol. The number of sulfonamides is 1. The third-order valence-electron chi connectivity index (χ3n) is 2.36. The first-order valence-corrected chi connectivity index (χ1v) is 6.52. The number of hydrogen-bond donors (Lipinski definition) is 3. The molecule has 1 aromatic carbocycles. The van der Waals surface area contributed by atoms with Crippen molar-refractivity contribution in [2.45, 2.75) is 4.90 Å². The lowest BCUT2D eigenvalue weighted by atomic mass is 10.2. The van der Waals surface area contributed by atoms with Crippen LogP contribution in [-0.2, 0) is 14.8 Å². The lowest BCUT2D eigenvalue weighted by molar-refractivity contribution is -0.135. The van der Waals surface area contributed by atoms with Crippen molar-refractivity contribution in [3.8, 4) is 0 Å². The molecule has 0 radical (unpaired) electrons. The van der Waals surface area contributed by atoms with Gasteiger partial charge in [-0.2, -0.15) is 0 Å². The van der Waals surface area contributed by atoms with Crippen LogP contribution < -0.4 is 15.4 Å². The number of carboxylic acid groups (broad SMARTS) is 1. The van der Waals surface area contributed by atoms with Crippen molar-refractivity contribution in [1.82, 2.24) is 4.72 Å². The van der Waals surface area contributed by atoms with Gasteiger partial charge in [-0.3, -0.25) is 4.79 Å². The zero-order valence-electron chi connectivity index (χ0n) is 10.0. The van der Waals surface area contributed by atoms with Crippen LogP contribution in [0.2, 0.25) is 0 Å². The topological polar surface area (TPSA) is 113 Å². The number of nitrogens with zero attached hydrogens (tertiary/aromatic N) is 1. The number of likely N-dealkylation sites (N-methyl/N-ethyl adjacent to an activating group) is 1. The molecule has 0 spiro atoms. The molecule has 100 valence electrons. The largest absolute Gasteiger partial charge is 0.480 e. The fourth-order valence-corrected chi connectivity index (χ4v) is 2.22. The molecular formula is C10H15N3O4S. The smallest absolute Gasteiger partial charge is 0.323 e. The second-order valence-electron chi connectivity index (χ2n) is 3.68. The van der Waals surface area contributed by atoms with Crippen molar-refractivity contribution in [3.63, 3.8) is 0 Å². The molecule has 18 heavy (non-hydrogen) atoms. The predicted octanol–water partition coefficient (Wildman–Crippen LogP) is -0.302. The second kappa shape index (κ2) is 5.23. The molecule has 0 saturated carbocycles. The maximum absolute atomic E-state index is 11.5. The zero-order valence-corrected chi connectivity index (χ0v) is 10.9. The standard InChI is InChI=1S/C10H15N3O4S/c1-12-18(16,17)7-3-4-9(8(11)5-7)13(2)6-10(14)15/h3-5,12H,6,11H2,1-2H3,(H,14,15). The summed E-state index contributed by atoms with van der Waals surface area (Å²) in [5.74, 6) is -0.996. The first-order valence-electron chi connectivity index (χ1n) is 5.04. The minimum absolute atomic E-state index is 0.0370. The molecule has 0 amide bonds. The molecule has 4 N–H and O–H groups in total. The van der Waals surface area contributed by atoms with Gasteiger partial charge in [0.1, 0.15) is 6.54 Å². The minimum atomic E-state index is -3.55. The summed E-state index contributed by atoms with van der Waals surface area (Å²) in [4.78, 5) is 12.0. The number of aliphatic carboxylic acids is 1. The number of nitrogen functional groups attached to an aromatic ring is 1. The third-order valence-corrected chi connectivity index (χ3v) is 3.77. The van der Waals surface area contributed by atoms with E-state index in [0.717, 1.165) is 0 Å². The average molecular weight is 273 g/mol. The van der Waals surface area contributed by atoms with Gasteiger partial charge in [0, 0.05) is 7.05 Å². The van der Waals surface area contributed by atoms with Gasteiger partial charge < -0.3 is 15.7 Å². The first kappa shape index (κ1) is 14.3. The molecule has 0 heterocycles. The van der Waals surface area contributed by atoms with Gasteiger partial charge in [0.15, 0.2) is 0 Å². The highest BCUT2D eigenvalue weighted by Gasteiger charge is 2.15.